The number of piperidine rings is 1. The normalized spacial score (nSPS) is 17.7. The van der Waals surface area contributed by atoms with Gasteiger partial charge in [-0.05, 0) is 42.0 Å². The number of aromatic nitrogens is 3. The lowest BCUT2D eigenvalue weighted by atomic mass is 9.98. The van der Waals surface area contributed by atoms with Gasteiger partial charge in [-0.2, -0.15) is 0 Å². The number of carboxylic acid groups (broad SMARTS) is 1. The number of carbonyl (C=O) groups is 2. The summed E-state index contributed by atoms with van der Waals surface area (Å²) in [4.78, 5) is 26.2. The Kier molecular flexibility index (Phi) is 5.13. The number of benzene rings is 2. The van der Waals surface area contributed by atoms with Crippen molar-refractivity contribution in [3.8, 4) is 11.1 Å². The van der Waals surface area contributed by atoms with Crippen LogP contribution in [0.3, 0.4) is 0 Å². The molecule has 2 heterocycles. The molecule has 2 aromatic carbocycles. The van der Waals surface area contributed by atoms with Crippen LogP contribution in [0.5, 0.6) is 0 Å². The standard InChI is InChI=1S/C24H24N4O4/c1-15-22(23(29)30)28(26-25-15)16-7-6-12-27(13-16)24(31)32-14-21-19-10-4-2-8-17(19)18-9-3-5-11-20(18)21/h2-5,8-11,16,21H,6-7,12-14H2,1H3,(H,29,30). The summed E-state index contributed by atoms with van der Waals surface area (Å²) in [5.74, 6) is -1.06. The summed E-state index contributed by atoms with van der Waals surface area (Å²) in [5.41, 5.74) is 5.15. The van der Waals surface area contributed by atoms with Crippen LogP contribution < -0.4 is 0 Å². The monoisotopic (exact) mass is 432 g/mol. The van der Waals surface area contributed by atoms with Gasteiger partial charge in [0.1, 0.15) is 6.61 Å². The Morgan fingerprint density at radius 2 is 1.75 bits per heavy atom. The summed E-state index contributed by atoms with van der Waals surface area (Å²) < 4.78 is 7.20. The number of amides is 1. The third-order valence-corrected chi connectivity index (χ3v) is 6.40. The number of rotatable bonds is 4. The van der Waals surface area contributed by atoms with Crippen LogP contribution in [0.1, 0.15) is 52.1 Å². The molecule has 1 aliphatic carbocycles. The van der Waals surface area contributed by atoms with Crippen LogP contribution in [0.4, 0.5) is 4.79 Å². The summed E-state index contributed by atoms with van der Waals surface area (Å²) in [6, 6.07) is 16.2. The first kappa shape index (κ1) is 20.2. The number of ether oxygens (including phenoxy) is 1. The van der Waals surface area contributed by atoms with Crippen molar-refractivity contribution >= 4 is 12.1 Å². The fourth-order valence-electron chi connectivity index (χ4n) is 4.89. The quantitative estimate of drug-likeness (QED) is 0.672. The molecule has 3 aromatic rings. The number of fused-ring (bicyclic) bond motifs is 3. The minimum atomic E-state index is -1.06. The molecule has 0 bridgehead atoms. The molecule has 1 atom stereocenters. The van der Waals surface area contributed by atoms with E-state index < -0.39 is 5.97 Å². The lowest BCUT2D eigenvalue weighted by Crippen LogP contribution is -2.42. The first-order chi connectivity index (χ1) is 15.5. The number of carboxylic acids is 1. The van der Waals surface area contributed by atoms with Gasteiger partial charge in [0.2, 0.25) is 0 Å². The van der Waals surface area contributed by atoms with E-state index in [1.165, 1.54) is 26.9 Å². The largest absolute Gasteiger partial charge is 0.476 e. The number of hydrogen-bond acceptors (Lipinski definition) is 5. The molecular weight excluding hydrogens is 408 g/mol. The van der Waals surface area contributed by atoms with Gasteiger partial charge in [-0.3, -0.25) is 0 Å². The molecule has 0 spiro atoms. The van der Waals surface area contributed by atoms with E-state index in [1.807, 2.05) is 24.3 Å². The minimum Gasteiger partial charge on any atom is -0.476 e. The first-order valence-electron chi connectivity index (χ1n) is 10.8. The highest BCUT2D eigenvalue weighted by Crippen LogP contribution is 2.44. The van der Waals surface area contributed by atoms with Crippen molar-refractivity contribution < 1.29 is 19.4 Å². The topological polar surface area (TPSA) is 97.5 Å². The van der Waals surface area contributed by atoms with Crippen LogP contribution in [0, 0.1) is 6.92 Å². The molecule has 5 rings (SSSR count). The Labute approximate surface area is 185 Å². The van der Waals surface area contributed by atoms with Crippen molar-refractivity contribution in [3.63, 3.8) is 0 Å². The predicted octanol–water partition coefficient (Wildman–Crippen LogP) is 3.87. The van der Waals surface area contributed by atoms with Gasteiger partial charge in [0.25, 0.3) is 0 Å². The fourth-order valence-corrected chi connectivity index (χ4v) is 4.89. The lowest BCUT2D eigenvalue weighted by Gasteiger charge is -2.32. The highest BCUT2D eigenvalue weighted by molar-refractivity contribution is 5.86. The third kappa shape index (κ3) is 3.41. The average molecular weight is 432 g/mol. The zero-order valence-corrected chi connectivity index (χ0v) is 17.8. The van der Waals surface area contributed by atoms with Crippen LogP contribution in [0.15, 0.2) is 48.5 Å². The number of carbonyl (C=O) groups excluding carboxylic acids is 1. The van der Waals surface area contributed by atoms with E-state index in [1.54, 1.807) is 11.8 Å². The van der Waals surface area contributed by atoms with Crippen LogP contribution in [-0.2, 0) is 4.74 Å². The Bertz CT molecular complexity index is 1140. The molecule has 8 heteroatoms. The second-order valence-corrected chi connectivity index (χ2v) is 8.32. The molecule has 32 heavy (non-hydrogen) atoms. The summed E-state index contributed by atoms with van der Waals surface area (Å²) in [5, 5.41) is 17.4. The molecule has 1 amide bonds. The van der Waals surface area contributed by atoms with Gasteiger partial charge in [-0.15, -0.1) is 5.10 Å². The molecule has 2 aliphatic rings. The smallest absolute Gasteiger partial charge is 0.409 e. The second kappa shape index (κ2) is 8.11. The van der Waals surface area contributed by atoms with E-state index in [0.717, 1.165) is 12.8 Å². The van der Waals surface area contributed by atoms with E-state index in [2.05, 4.69) is 34.6 Å². The molecule has 1 N–H and O–H groups in total. The van der Waals surface area contributed by atoms with Gasteiger partial charge >= 0.3 is 12.1 Å². The van der Waals surface area contributed by atoms with Crippen molar-refractivity contribution in [2.45, 2.75) is 31.7 Å². The van der Waals surface area contributed by atoms with Crippen LogP contribution >= 0.6 is 0 Å². The highest BCUT2D eigenvalue weighted by Gasteiger charge is 2.32. The first-order valence-corrected chi connectivity index (χ1v) is 10.8. The highest BCUT2D eigenvalue weighted by atomic mass is 16.6. The van der Waals surface area contributed by atoms with Crippen LogP contribution in [0.25, 0.3) is 11.1 Å². The molecule has 1 unspecified atom stereocenters. The van der Waals surface area contributed by atoms with E-state index >= 15 is 0 Å². The van der Waals surface area contributed by atoms with Gasteiger partial charge in [-0.1, -0.05) is 53.7 Å². The van der Waals surface area contributed by atoms with Crippen molar-refractivity contribution in [3.05, 3.63) is 71.0 Å². The Hall–Kier alpha value is -3.68. The number of nitrogens with zero attached hydrogens (tertiary/aromatic N) is 4. The molecule has 8 nitrogen and oxygen atoms in total. The fraction of sp³-hybridized carbons (Fsp3) is 0.333. The van der Waals surface area contributed by atoms with Crippen LogP contribution in [0.2, 0.25) is 0 Å². The Morgan fingerprint density at radius 3 is 2.41 bits per heavy atom. The summed E-state index contributed by atoms with van der Waals surface area (Å²) in [6.07, 6.45) is 1.09. The number of hydrogen-bond donors (Lipinski definition) is 1. The second-order valence-electron chi connectivity index (χ2n) is 8.32. The number of aromatic carboxylic acids is 1. The van der Waals surface area contributed by atoms with Crippen molar-refractivity contribution in [2.75, 3.05) is 19.7 Å². The van der Waals surface area contributed by atoms with Gasteiger partial charge in [0.05, 0.1) is 11.7 Å². The molecule has 1 aliphatic heterocycles. The van der Waals surface area contributed by atoms with Crippen molar-refractivity contribution in [1.29, 1.82) is 0 Å². The Morgan fingerprint density at radius 1 is 1.09 bits per heavy atom. The Balaban J connectivity index is 1.30. The van der Waals surface area contributed by atoms with E-state index in [4.69, 9.17) is 4.74 Å². The van der Waals surface area contributed by atoms with Crippen LogP contribution in [-0.4, -0.2) is 56.8 Å². The molecular formula is C24H24N4O4. The van der Waals surface area contributed by atoms with E-state index in [9.17, 15) is 14.7 Å². The molecule has 0 saturated carbocycles. The van der Waals surface area contributed by atoms with Crippen molar-refractivity contribution in [2.24, 2.45) is 0 Å². The summed E-state index contributed by atoms with van der Waals surface area (Å²) in [7, 11) is 0. The molecule has 1 fully saturated rings. The molecule has 1 aromatic heterocycles. The van der Waals surface area contributed by atoms with Gasteiger partial charge in [0, 0.05) is 19.0 Å². The summed E-state index contributed by atoms with van der Waals surface area (Å²) >= 11 is 0. The van der Waals surface area contributed by atoms with Gasteiger partial charge in [-0.25, -0.2) is 14.3 Å². The van der Waals surface area contributed by atoms with Crippen molar-refractivity contribution in [1.82, 2.24) is 19.9 Å². The van der Waals surface area contributed by atoms with Gasteiger partial charge < -0.3 is 14.7 Å². The van der Waals surface area contributed by atoms with E-state index in [0.29, 0.717) is 18.8 Å². The summed E-state index contributed by atoms with van der Waals surface area (Å²) in [6.45, 7) is 2.80. The zero-order valence-electron chi connectivity index (χ0n) is 17.8. The maximum Gasteiger partial charge on any atom is 0.409 e. The lowest BCUT2D eigenvalue weighted by molar-refractivity contribution is 0.0664. The third-order valence-electron chi connectivity index (χ3n) is 6.40. The molecule has 1 saturated heterocycles. The average Bonchev–Trinajstić information content (AvgIpc) is 3.36. The molecule has 164 valence electrons. The number of likely N-dealkylation sites (tertiary alicyclic amines) is 1. The maximum absolute atomic E-state index is 12.9. The van der Waals surface area contributed by atoms with E-state index in [-0.39, 0.29) is 30.4 Å². The maximum atomic E-state index is 12.9. The predicted molar refractivity (Wildman–Crippen MR) is 117 cm³/mol. The molecule has 0 radical (unpaired) electrons. The van der Waals surface area contributed by atoms with Gasteiger partial charge in [0.15, 0.2) is 5.69 Å². The SMILES string of the molecule is Cc1nnn(C2CCCN(C(=O)OCC3c4ccccc4-c4ccccc43)C2)c1C(=O)O. The zero-order chi connectivity index (χ0) is 22.2. The minimum absolute atomic E-state index is 0.00326. The number of aryl methyl sites for hydroxylation is 1.